The fraction of sp³-hybridized carbons (Fsp3) is 0.222. The first kappa shape index (κ1) is 6.65. The number of aryl methyl sites for hydroxylation is 2. The van der Waals surface area contributed by atoms with Crippen LogP contribution in [0.15, 0.2) is 22.6 Å². The van der Waals surface area contributed by atoms with Crippen molar-refractivity contribution in [3.05, 3.63) is 29.4 Å². The van der Waals surface area contributed by atoms with E-state index in [0.717, 1.165) is 11.2 Å². The molecule has 2 rings (SSSR count). The van der Waals surface area contributed by atoms with E-state index in [1.165, 1.54) is 10.8 Å². The molecule has 0 unspecified atom stereocenters. The Hall–Kier alpha value is -1.05. The summed E-state index contributed by atoms with van der Waals surface area (Å²) in [6.45, 7) is 6.11. The molecule has 0 spiro atoms. The molecule has 0 bridgehead atoms. The molecule has 1 nitrogen and oxygen atoms in total. The summed E-state index contributed by atoms with van der Waals surface area (Å²) in [5, 5.41) is 1.20. The van der Waals surface area contributed by atoms with Gasteiger partial charge in [-0.25, -0.2) is 0 Å². The Morgan fingerprint density at radius 2 is 2.09 bits per heavy atom. The van der Waals surface area contributed by atoms with Gasteiger partial charge in [-0.05, 0) is 0 Å². The summed E-state index contributed by atoms with van der Waals surface area (Å²) in [6.07, 6.45) is 0. The number of rotatable bonds is 0. The third kappa shape index (κ3) is 1.09. The van der Waals surface area contributed by atoms with E-state index < -0.39 is 0 Å². The Bertz CT molecular complexity index is 389. The second kappa shape index (κ2) is 2.23. The molecule has 0 aliphatic rings. The van der Waals surface area contributed by atoms with Crippen molar-refractivity contribution in [1.29, 1.82) is 0 Å². The van der Waals surface area contributed by atoms with Gasteiger partial charge in [-0.1, -0.05) is 0 Å². The molecule has 0 fully saturated rings. The van der Waals surface area contributed by atoms with Crippen LogP contribution in [-0.2, 0) is 0 Å². The zero-order chi connectivity index (χ0) is 7.84. The van der Waals surface area contributed by atoms with Gasteiger partial charge in [0.25, 0.3) is 0 Å². The van der Waals surface area contributed by atoms with Gasteiger partial charge in [0.15, 0.2) is 0 Å². The average Bonchev–Trinajstić information content (AvgIpc) is 2.27. The van der Waals surface area contributed by atoms with E-state index in [9.17, 15) is 0 Å². The summed E-state index contributed by atoms with van der Waals surface area (Å²) < 4.78 is 5.42. The molecule has 0 aliphatic heterocycles. The second-order valence-corrected chi connectivity index (χ2v) is 2.90. The van der Waals surface area contributed by atoms with Crippen LogP contribution in [0.1, 0.15) is 11.2 Å². The summed E-state index contributed by atoms with van der Waals surface area (Å²) in [6, 6.07) is 6.20. The summed E-state index contributed by atoms with van der Waals surface area (Å²) in [5.74, 6) is 0. The second-order valence-electron chi connectivity index (χ2n) is 2.90. The molecule has 0 atom stereocenters. The minimum absolute atomic E-state index is 0.977. The SMILES string of the molecule is Cc1ccc2oc(C)bc2c1. The van der Waals surface area contributed by atoms with Crippen LogP contribution in [-0.4, -0.2) is 6.91 Å². The molecule has 1 aromatic heterocycles. The van der Waals surface area contributed by atoms with Gasteiger partial charge in [0.05, 0.1) is 0 Å². The van der Waals surface area contributed by atoms with Crippen LogP contribution < -0.4 is 0 Å². The van der Waals surface area contributed by atoms with Gasteiger partial charge in [-0.3, -0.25) is 0 Å². The van der Waals surface area contributed by atoms with E-state index in [1.807, 2.05) is 13.0 Å². The molecular formula is C9H9BO. The van der Waals surface area contributed by atoms with Crippen molar-refractivity contribution >= 4 is 17.8 Å². The Morgan fingerprint density at radius 1 is 1.27 bits per heavy atom. The van der Waals surface area contributed by atoms with E-state index in [4.69, 9.17) is 4.42 Å². The number of fused-ring (bicyclic) bond motifs is 1. The zero-order valence-corrected chi connectivity index (χ0v) is 6.72. The molecule has 0 aliphatic carbocycles. The van der Waals surface area contributed by atoms with Crippen LogP contribution in [0.3, 0.4) is 0 Å². The monoisotopic (exact) mass is 144 g/mol. The number of hydrogen-bond acceptors (Lipinski definition) is 1. The van der Waals surface area contributed by atoms with Crippen LogP contribution in [0.4, 0.5) is 0 Å². The first-order valence-corrected chi connectivity index (χ1v) is 3.72. The van der Waals surface area contributed by atoms with Gasteiger partial charge in [0, 0.05) is 0 Å². The molecule has 0 radical (unpaired) electrons. The van der Waals surface area contributed by atoms with E-state index in [1.54, 1.807) is 0 Å². The average molecular weight is 144 g/mol. The minimum atomic E-state index is 0.977. The van der Waals surface area contributed by atoms with Crippen molar-refractivity contribution < 1.29 is 4.42 Å². The van der Waals surface area contributed by atoms with Crippen LogP contribution in [0.2, 0.25) is 0 Å². The van der Waals surface area contributed by atoms with E-state index in [2.05, 4.69) is 26.0 Å². The number of hydrogen-bond donors (Lipinski definition) is 0. The van der Waals surface area contributed by atoms with Gasteiger partial charge in [0.2, 0.25) is 0 Å². The van der Waals surface area contributed by atoms with Crippen molar-refractivity contribution in [1.82, 2.24) is 0 Å². The predicted octanol–water partition coefficient (Wildman–Crippen LogP) is 2.39. The molecule has 1 aromatic carbocycles. The van der Waals surface area contributed by atoms with Crippen molar-refractivity contribution in [3.63, 3.8) is 0 Å². The van der Waals surface area contributed by atoms with Crippen molar-refractivity contribution in [2.24, 2.45) is 0 Å². The van der Waals surface area contributed by atoms with Gasteiger partial charge in [-0.2, -0.15) is 0 Å². The zero-order valence-electron chi connectivity index (χ0n) is 6.72. The first-order chi connectivity index (χ1) is 5.25. The van der Waals surface area contributed by atoms with Gasteiger partial charge >= 0.3 is 65.5 Å². The quantitative estimate of drug-likeness (QED) is 0.553. The third-order valence-electron chi connectivity index (χ3n) is 1.80. The van der Waals surface area contributed by atoms with Gasteiger partial charge < -0.3 is 0 Å². The molecular weight excluding hydrogens is 135 g/mol. The van der Waals surface area contributed by atoms with Gasteiger partial charge in [-0.15, -0.1) is 0 Å². The predicted molar refractivity (Wildman–Crippen MR) is 47.0 cm³/mol. The molecule has 0 saturated heterocycles. The topological polar surface area (TPSA) is 13.1 Å². The van der Waals surface area contributed by atoms with E-state index in [0.29, 0.717) is 0 Å². The molecule has 2 aromatic rings. The molecule has 54 valence electrons. The van der Waals surface area contributed by atoms with Gasteiger partial charge in [0.1, 0.15) is 0 Å². The Kier molecular flexibility index (Phi) is 1.35. The Balaban J connectivity index is 2.82. The van der Waals surface area contributed by atoms with Crippen molar-refractivity contribution in [3.8, 4) is 0 Å². The maximum absolute atomic E-state index is 5.42. The Morgan fingerprint density at radius 3 is 2.91 bits per heavy atom. The normalized spacial score (nSPS) is 10.4. The molecule has 1 heterocycles. The van der Waals surface area contributed by atoms with Crippen molar-refractivity contribution in [2.45, 2.75) is 13.8 Å². The fourth-order valence-corrected chi connectivity index (χ4v) is 1.30. The molecule has 2 heteroatoms. The fourth-order valence-electron chi connectivity index (χ4n) is 1.30. The molecule has 0 saturated carbocycles. The first-order valence-electron chi connectivity index (χ1n) is 3.72. The standard InChI is InChI=1S/C9H9BO/c1-6-3-4-9-8(5-6)10-7(2)11-9/h3-5H,1-2H3. The van der Waals surface area contributed by atoms with Crippen LogP contribution in [0.25, 0.3) is 10.9 Å². The maximum atomic E-state index is 5.42. The molecule has 0 N–H and O–H groups in total. The van der Waals surface area contributed by atoms with Crippen LogP contribution in [0.5, 0.6) is 0 Å². The van der Waals surface area contributed by atoms with E-state index in [-0.39, 0.29) is 0 Å². The van der Waals surface area contributed by atoms with Crippen LogP contribution in [0, 0.1) is 13.8 Å². The molecule has 0 amide bonds. The summed E-state index contributed by atoms with van der Waals surface area (Å²) in [7, 11) is 0. The van der Waals surface area contributed by atoms with E-state index >= 15 is 0 Å². The summed E-state index contributed by atoms with van der Waals surface area (Å²) in [4.78, 5) is 0. The molecule has 11 heavy (non-hydrogen) atoms. The number of benzene rings is 1. The Labute approximate surface area is 66.2 Å². The van der Waals surface area contributed by atoms with Crippen molar-refractivity contribution in [2.75, 3.05) is 0 Å². The van der Waals surface area contributed by atoms with Crippen LogP contribution >= 0.6 is 0 Å². The summed E-state index contributed by atoms with van der Waals surface area (Å²) in [5.41, 5.74) is 3.23. The third-order valence-corrected chi connectivity index (χ3v) is 1.80. The summed E-state index contributed by atoms with van der Waals surface area (Å²) >= 11 is 0.